The Morgan fingerprint density at radius 3 is 2.38 bits per heavy atom. The molecule has 0 radical (unpaired) electrons. The Hall–Kier alpha value is -0.510. The van der Waals surface area contributed by atoms with Gasteiger partial charge in [-0.2, -0.15) is 5.26 Å². The first-order chi connectivity index (χ1) is 10.2. The molecule has 2 rings (SSSR count). The summed E-state index contributed by atoms with van der Waals surface area (Å²) in [5, 5.41) is 9.75. The number of nitriles is 1. The lowest BCUT2D eigenvalue weighted by Gasteiger charge is -2.42. The molecule has 1 heteroatoms. The minimum Gasteiger partial charge on any atom is -0.198 e. The first-order valence-electron chi connectivity index (χ1n) is 9.64. The van der Waals surface area contributed by atoms with E-state index in [4.69, 9.17) is 0 Å². The summed E-state index contributed by atoms with van der Waals surface area (Å²) in [6.07, 6.45) is 17.3. The van der Waals surface area contributed by atoms with Crippen molar-refractivity contribution >= 4 is 0 Å². The van der Waals surface area contributed by atoms with Gasteiger partial charge < -0.3 is 0 Å². The standard InChI is InChI=1S/C20H35N/c1-3-5-13-20(16-21)14-6-8-19(15-20)18-11-9-17(7-4-2)10-12-18/h17-19H,3-15H2,1-2H3. The van der Waals surface area contributed by atoms with Crippen molar-refractivity contribution in [1.29, 1.82) is 5.26 Å². The number of unbranched alkanes of at least 4 members (excludes halogenated alkanes) is 1. The molecule has 2 fully saturated rings. The van der Waals surface area contributed by atoms with Crippen LogP contribution in [0.4, 0.5) is 0 Å². The largest absolute Gasteiger partial charge is 0.198 e. The van der Waals surface area contributed by atoms with Crippen LogP contribution in [0.1, 0.15) is 97.3 Å². The normalized spacial score (nSPS) is 37.1. The lowest BCUT2D eigenvalue weighted by molar-refractivity contribution is 0.103. The second-order valence-electron chi connectivity index (χ2n) is 7.92. The first-order valence-corrected chi connectivity index (χ1v) is 9.64. The molecule has 2 aliphatic rings. The Balaban J connectivity index is 1.88. The van der Waals surface area contributed by atoms with E-state index in [2.05, 4.69) is 19.9 Å². The smallest absolute Gasteiger partial charge is 0.0689 e. The van der Waals surface area contributed by atoms with E-state index in [0.29, 0.717) is 0 Å². The summed E-state index contributed by atoms with van der Waals surface area (Å²) >= 11 is 0. The van der Waals surface area contributed by atoms with Crippen molar-refractivity contribution in [3.8, 4) is 6.07 Å². The van der Waals surface area contributed by atoms with Crippen molar-refractivity contribution in [3.63, 3.8) is 0 Å². The predicted molar refractivity (Wildman–Crippen MR) is 89.9 cm³/mol. The predicted octanol–water partition coefficient (Wildman–Crippen LogP) is 6.48. The Kier molecular flexibility index (Phi) is 6.59. The lowest BCUT2D eigenvalue weighted by atomic mass is 9.62. The summed E-state index contributed by atoms with van der Waals surface area (Å²) in [4.78, 5) is 0. The van der Waals surface area contributed by atoms with Gasteiger partial charge in [0.15, 0.2) is 0 Å². The summed E-state index contributed by atoms with van der Waals surface area (Å²) in [5.41, 5.74) is 0.0409. The quantitative estimate of drug-likeness (QED) is 0.548. The Bertz CT molecular complexity index is 334. The molecule has 120 valence electrons. The van der Waals surface area contributed by atoms with E-state index in [-0.39, 0.29) is 5.41 Å². The van der Waals surface area contributed by atoms with Crippen molar-refractivity contribution in [2.75, 3.05) is 0 Å². The second-order valence-corrected chi connectivity index (χ2v) is 7.92. The van der Waals surface area contributed by atoms with Crippen molar-refractivity contribution in [2.45, 2.75) is 97.3 Å². The molecule has 0 saturated heterocycles. The van der Waals surface area contributed by atoms with Gasteiger partial charge in [-0.3, -0.25) is 0 Å². The Labute approximate surface area is 132 Å². The highest BCUT2D eigenvalue weighted by Crippen LogP contribution is 2.48. The summed E-state index contributed by atoms with van der Waals surface area (Å²) in [6.45, 7) is 4.57. The highest BCUT2D eigenvalue weighted by Gasteiger charge is 2.39. The fourth-order valence-electron chi connectivity index (χ4n) is 5.07. The maximum atomic E-state index is 9.75. The molecular formula is C20H35N. The van der Waals surface area contributed by atoms with Crippen LogP contribution >= 0.6 is 0 Å². The van der Waals surface area contributed by atoms with Crippen LogP contribution < -0.4 is 0 Å². The Morgan fingerprint density at radius 2 is 1.76 bits per heavy atom. The molecule has 2 aliphatic carbocycles. The van der Waals surface area contributed by atoms with Crippen molar-refractivity contribution in [1.82, 2.24) is 0 Å². The molecule has 2 unspecified atom stereocenters. The molecule has 1 nitrogen and oxygen atoms in total. The zero-order valence-electron chi connectivity index (χ0n) is 14.4. The van der Waals surface area contributed by atoms with E-state index in [1.165, 1.54) is 77.0 Å². The number of nitrogens with zero attached hydrogens (tertiary/aromatic N) is 1. The van der Waals surface area contributed by atoms with Gasteiger partial charge in [0.25, 0.3) is 0 Å². The van der Waals surface area contributed by atoms with Gasteiger partial charge in [0.05, 0.1) is 11.5 Å². The van der Waals surface area contributed by atoms with Crippen LogP contribution in [-0.4, -0.2) is 0 Å². The summed E-state index contributed by atoms with van der Waals surface area (Å²) in [7, 11) is 0. The van der Waals surface area contributed by atoms with Crippen LogP contribution in [0.2, 0.25) is 0 Å². The molecule has 2 saturated carbocycles. The van der Waals surface area contributed by atoms with Gasteiger partial charge in [-0.25, -0.2) is 0 Å². The molecular weight excluding hydrogens is 254 g/mol. The molecule has 0 spiro atoms. The Morgan fingerprint density at radius 1 is 1.00 bits per heavy atom. The average molecular weight is 290 g/mol. The van der Waals surface area contributed by atoms with Gasteiger partial charge in [0.1, 0.15) is 0 Å². The van der Waals surface area contributed by atoms with Crippen molar-refractivity contribution in [3.05, 3.63) is 0 Å². The maximum Gasteiger partial charge on any atom is 0.0689 e. The van der Waals surface area contributed by atoms with E-state index < -0.39 is 0 Å². The summed E-state index contributed by atoms with van der Waals surface area (Å²) in [6, 6.07) is 2.75. The van der Waals surface area contributed by atoms with Crippen LogP contribution in [-0.2, 0) is 0 Å². The van der Waals surface area contributed by atoms with Crippen molar-refractivity contribution < 1.29 is 0 Å². The van der Waals surface area contributed by atoms with Gasteiger partial charge in [0.2, 0.25) is 0 Å². The summed E-state index contributed by atoms with van der Waals surface area (Å²) in [5.74, 6) is 2.81. The lowest BCUT2D eigenvalue weighted by Crippen LogP contribution is -2.32. The number of hydrogen-bond donors (Lipinski definition) is 0. The molecule has 0 bridgehead atoms. The summed E-state index contributed by atoms with van der Waals surface area (Å²) < 4.78 is 0. The molecule has 0 aliphatic heterocycles. The third kappa shape index (κ3) is 4.48. The number of hydrogen-bond acceptors (Lipinski definition) is 1. The monoisotopic (exact) mass is 289 g/mol. The van der Waals surface area contributed by atoms with Gasteiger partial charge in [-0.1, -0.05) is 65.2 Å². The molecule has 0 heterocycles. The molecule has 0 aromatic rings. The van der Waals surface area contributed by atoms with Gasteiger partial charge >= 0.3 is 0 Å². The highest BCUT2D eigenvalue weighted by atomic mass is 14.5. The zero-order chi connectivity index (χ0) is 15.1. The fraction of sp³-hybridized carbons (Fsp3) is 0.950. The van der Waals surface area contributed by atoms with E-state index in [1.54, 1.807) is 0 Å². The van der Waals surface area contributed by atoms with E-state index in [1.807, 2.05) is 0 Å². The maximum absolute atomic E-state index is 9.75. The zero-order valence-corrected chi connectivity index (χ0v) is 14.4. The third-order valence-electron chi connectivity index (χ3n) is 6.38. The molecule has 0 aromatic heterocycles. The highest BCUT2D eigenvalue weighted by molar-refractivity contribution is 5.03. The van der Waals surface area contributed by atoms with Crippen LogP contribution in [0, 0.1) is 34.5 Å². The van der Waals surface area contributed by atoms with Crippen LogP contribution in [0.15, 0.2) is 0 Å². The molecule has 0 amide bonds. The molecule has 0 aromatic carbocycles. The topological polar surface area (TPSA) is 23.8 Å². The van der Waals surface area contributed by atoms with Gasteiger partial charge in [-0.05, 0) is 49.9 Å². The van der Waals surface area contributed by atoms with Crippen molar-refractivity contribution in [2.24, 2.45) is 23.2 Å². The fourth-order valence-corrected chi connectivity index (χ4v) is 5.07. The van der Waals surface area contributed by atoms with Gasteiger partial charge in [-0.15, -0.1) is 0 Å². The molecule has 0 N–H and O–H groups in total. The van der Waals surface area contributed by atoms with Crippen LogP contribution in [0.5, 0.6) is 0 Å². The van der Waals surface area contributed by atoms with E-state index >= 15 is 0 Å². The number of rotatable bonds is 6. The van der Waals surface area contributed by atoms with Crippen LogP contribution in [0.3, 0.4) is 0 Å². The average Bonchev–Trinajstić information content (AvgIpc) is 2.54. The minimum atomic E-state index is 0.0409. The second kappa shape index (κ2) is 8.21. The third-order valence-corrected chi connectivity index (χ3v) is 6.38. The van der Waals surface area contributed by atoms with Crippen LogP contribution in [0.25, 0.3) is 0 Å². The van der Waals surface area contributed by atoms with Gasteiger partial charge in [0, 0.05) is 0 Å². The SMILES string of the molecule is CCCCC1(C#N)CCCC(C2CCC(CCC)CC2)C1. The first kappa shape index (κ1) is 16.9. The molecule has 21 heavy (non-hydrogen) atoms. The molecule has 2 atom stereocenters. The van der Waals surface area contributed by atoms with E-state index in [0.717, 1.165) is 24.2 Å². The van der Waals surface area contributed by atoms with E-state index in [9.17, 15) is 5.26 Å². The minimum absolute atomic E-state index is 0.0409.